The van der Waals surface area contributed by atoms with Crippen molar-refractivity contribution in [3.05, 3.63) is 30.5 Å². The average molecular weight is 536 g/mol. The number of unbranched alkanes of at least 4 members (excludes halogenated alkanes) is 3. The number of rotatable bonds is 15. The molecule has 0 N–H and O–H groups in total. The van der Waals surface area contributed by atoms with Crippen molar-refractivity contribution in [1.29, 1.82) is 0 Å². The van der Waals surface area contributed by atoms with E-state index < -0.39 is 26.5 Å². The van der Waals surface area contributed by atoms with Crippen molar-refractivity contribution in [3.63, 3.8) is 0 Å². The Morgan fingerprint density at radius 3 is 1.97 bits per heavy atom. The number of hydrogen-bond donors (Lipinski definition) is 0. The van der Waals surface area contributed by atoms with Gasteiger partial charge in [-0.2, -0.15) is 0 Å². The van der Waals surface area contributed by atoms with E-state index in [1.807, 2.05) is 0 Å². The molecule has 0 aliphatic rings. The molecule has 0 spiro atoms. The first-order chi connectivity index (χ1) is 14.4. The first-order valence-corrected chi connectivity index (χ1v) is 23.7. The molecule has 1 heterocycles. The van der Waals surface area contributed by atoms with Gasteiger partial charge in [-0.3, -0.25) is 0 Å². The van der Waals surface area contributed by atoms with Gasteiger partial charge in [0.2, 0.25) is 0 Å². The van der Waals surface area contributed by atoms with E-state index in [0.29, 0.717) is 6.73 Å². The minimum atomic E-state index is -2.47. The Morgan fingerprint density at radius 1 is 0.867 bits per heavy atom. The van der Waals surface area contributed by atoms with E-state index in [2.05, 4.69) is 75.4 Å². The van der Waals surface area contributed by atoms with Crippen LogP contribution in [0, 0.1) is 0 Å². The Hall–Kier alpha value is -0.264. The molecule has 2 rings (SSSR count). The van der Waals surface area contributed by atoms with Gasteiger partial charge in [-0.1, -0.05) is 0 Å². The van der Waals surface area contributed by atoms with Crippen LogP contribution in [-0.2, 0) is 11.5 Å². The minimum absolute atomic E-state index is 0.711. The Morgan fingerprint density at radius 2 is 1.43 bits per heavy atom. The average Bonchev–Trinajstić information content (AvgIpc) is 3.10. The quantitative estimate of drug-likeness (QED) is 0.166. The Labute approximate surface area is 191 Å². The summed E-state index contributed by atoms with van der Waals surface area (Å²) in [5.74, 6) is 0. The summed E-state index contributed by atoms with van der Waals surface area (Å²) in [6, 6.07) is 10.4. The van der Waals surface area contributed by atoms with Gasteiger partial charge in [0.15, 0.2) is 0 Å². The van der Waals surface area contributed by atoms with E-state index in [-0.39, 0.29) is 0 Å². The molecule has 2 aromatic rings. The molecule has 1 aromatic carbocycles. The van der Waals surface area contributed by atoms with Gasteiger partial charge in [-0.25, -0.2) is 0 Å². The molecular formula is C26H47NOSiSn. The zero-order valence-electron chi connectivity index (χ0n) is 20.7. The Balaban J connectivity index is 2.39. The van der Waals surface area contributed by atoms with Gasteiger partial charge in [0.05, 0.1) is 0 Å². The van der Waals surface area contributed by atoms with Gasteiger partial charge in [0, 0.05) is 0 Å². The molecule has 0 saturated carbocycles. The molecule has 0 saturated heterocycles. The standard InChI is InChI=1S/C14H20NOSi.3C4H9.Sn/c1-17(2,3)11-10-16-12-15-9-8-13-6-4-5-7-14(13)15;3*1-3-4-2;/h4-7,9H,10-12H2,1-3H3;3*1,3-4H2,2H3;. The van der Waals surface area contributed by atoms with Crippen molar-refractivity contribution < 1.29 is 4.74 Å². The van der Waals surface area contributed by atoms with Crippen LogP contribution in [0.2, 0.25) is 39.0 Å². The summed E-state index contributed by atoms with van der Waals surface area (Å²) in [5, 5.41) is 1.55. The first-order valence-electron chi connectivity index (χ1n) is 12.5. The summed E-state index contributed by atoms with van der Waals surface area (Å²) in [4.78, 5) is 0. The molecule has 0 bridgehead atoms. The number of fused-ring (bicyclic) bond motifs is 1. The van der Waals surface area contributed by atoms with Crippen LogP contribution in [0.15, 0.2) is 30.5 Å². The van der Waals surface area contributed by atoms with E-state index in [0.717, 1.165) is 6.61 Å². The molecule has 170 valence electrons. The summed E-state index contributed by atoms with van der Waals surface area (Å²) in [6.07, 6.45) is 10.8. The maximum atomic E-state index is 6.19. The van der Waals surface area contributed by atoms with Crippen molar-refractivity contribution >= 4 is 40.9 Å². The Bertz CT molecular complexity index is 727. The van der Waals surface area contributed by atoms with Crippen LogP contribution < -0.4 is 3.58 Å². The van der Waals surface area contributed by atoms with Crippen molar-refractivity contribution in [2.45, 2.75) is 105 Å². The summed E-state index contributed by atoms with van der Waals surface area (Å²) in [6.45, 7) is 16.0. The van der Waals surface area contributed by atoms with Gasteiger partial charge in [0.25, 0.3) is 0 Å². The number of hydrogen-bond acceptors (Lipinski definition) is 1. The molecule has 0 atom stereocenters. The van der Waals surface area contributed by atoms with Crippen LogP contribution in [0.25, 0.3) is 10.9 Å². The second-order valence-corrected chi connectivity index (χ2v) is 29.2. The van der Waals surface area contributed by atoms with Gasteiger partial charge in [-0.05, 0) is 0 Å². The van der Waals surface area contributed by atoms with Crippen molar-refractivity contribution in [1.82, 2.24) is 4.57 Å². The maximum absolute atomic E-state index is 6.19. The normalized spacial score (nSPS) is 12.7. The SMILES string of the molecule is CCC[CH2][Sn]([CH2]CCC)([CH2]CCC)[c]1cn(COCC[Si](C)(C)C)c2ccccc12. The number of aromatic nitrogens is 1. The summed E-state index contributed by atoms with van der Waals surface area (Å²) in [5.41, 5.74) is 1.39. The van der Waals surface area contributed by atoms with Crippen molar-refractivity contribution in [2.24, 2.45) is 0 Å². The third kappa shape index (κ3) is 7.41. The van der Waals surface area contributed by atoms with Crippen molar-refractivity contribution in [2.75, 3.05) is 6.61 Å². The molecule has 0 amide bonds. The van der Waals surface area contributed by atoms with Gasteiger partial charge in [0.1, 0.15) is 0 Å². The fourth-order valence-electron chi connectivity index (χ4n) is 4.64. The van der Waals surface area contributed by atoms with E-state index in [1.165, 1.54) is 63.4 Å². The monoisotopic (exact) mass is 537 g/mol. The fraction of sp³-hybridized carbons (Fsp3) is 0.692. The first kappa shape index (κ1) is 26.0. The molecule has 2 nitrogen and oxygen atoms in total. The third-order valence-electron chi connectivity index (χ3n) is 6.61. The second kappa shape index (κ2) is 12.7. The van der Waals surface area contributed by atoms with E-state index in [4.69, 9.17) is 4.74 Å². The molecule has 4 heteroatoms. The van der Waals surface area contributed by atoms with Gasteiger partial charge >= 0.3 is 192 Å². The van der Waals surface area contributed by atoms with Crippen LogP contribution in [-0.4, -0.2) is 37.6 Å². The molecular weight excluding hydrogens is 489 g/mol. The molecule has 0 unspecified atom stereocenters. The second-order valence-electron chi connectivity index (χ2n) is 10.5. The predicted molar refractivity (Wildman–Crippen MR) is 141 cm³/mol. The molecule has 0 radical (unpaired) electrons. The third-order valence-corrected chi connectivity index (χ3v) is 23.9. The van der Waals surface area contributed by atoms with Gasteiger partial charge in [-0.15, -0.1) is 0 Å². The predicted octanol–water partition coefficient (Wildman–Crippen LogP) is 8.01. The molecule has 30 heavy (non-hydrogen) atoms. The zero-order chi connectivity index (χ0) is 22.0. The topological polar surface area (TPSA) is 14.2 Å². The van der Waals surface area contributed by atoms with E-state index >= 15 is 0 Å². The number of benzene rings is 1. The number of para-hydroxylation sites is 1. The fourth-order valence-corrected chi connectivity index (χ4v) is 22.1. The van der Waals surface area contributed by atoms with Crippen LogP contribution in [0.4, 0.5) is 0 Å². The van der Waals surface area contributed by atoms with E-state index in [1.54, 1.807) is 8.97 Å². The number of nitrogens with zero attached hydrogens (tertiary/aromatic N) is 1. The van der Waals surface area contributed by atoms with Crippen LogP contribution in [0.5, 0.6) is 0 Å². The molecule has 0 aliphatic heterocycles. The van der Waals surface area contributed by atoms with Gasteiger partial charge < -0.3 is 0 Å². The summed E-state index contributed by atoms with van der Waals surface area (Å²) in [7, 11) is -1.04. The van der Waals surface area contributed by atoms with Crippen LogP contribution >= 0.6 is 0 Å². The van der Waals surface area contributed by atoms with Crippen molar-refractivity contribution in [3.8, 4) is 0 Å². The zero-order valence-corrected chi connectivity index (χ0v) is 24.6. The van der Waals surface area contributed by atoms with Crippen LogP contribution in [0.3, 0.4) is 0 Å². The molecule has 0 aliphatic carbocycles. The van der Waals surface area contributed by atoms with E-state index in [9.17, 15) is 0 Å². The number of ether oxygens (including phenoxy) is 1. The Kier molecular flexibility index (Phi) is 11.0. The molecule has 1 aromatic heterocycles. The summed E-state index contributed by atoms with van der Waals surface area (Å²) >= 11 is -2.47. The summed E-state index contributed by atoms with van der Waals surface area (Å²) < 4.78 is 15.0. The van der Waals surface area contributed by atoms with Crippen LogP contribution in [0.1, 0.15) is 59.3 Å². The molecule has 0 fully saturated rings.